The maximum absolute atomic E-state index is 9.72. The Labute approximate surface area is 324 Å². The molecule has 0 N–H and O–H groups in total. The number of benzene rings is 6. The molecule has 0 radical (unpaired) electrons. The molecule has 2 saturated carbocycles. The lowest BCUT2D eigenvalue weighted by atomic mass is 9.54. The van der Waals surface area contributed by atoms with E-state index in [2.05, 4.69) is 141 Å². The summed E-state index contributed by atoms with van der Waals surface area (Å²) in [5.41, 5.74) is 11.5. The Morgan fingerprint density at radius 3 is 1.56 bits per heavy atom. The highest BCUT2D eigenvalue weighted by molar-refractivity contribution is 5.81. The molecule has 268 valence electrons. The molecule has 0 spiro atoms. The van der Waals surface area contributed by atoms with Crippen LogP contribution in [0.3, 0.4) is 0 Å². The highest BCUT2D eigenvalue weighted by Crippen LogP contribution is 2.54. The molecule has 6 aromatic carbocycles. The van der Waals surface area contributed by atoms with Crippen molar-refractivity contribution in [3.05, 3.63) is 163 Å². The van der Waals surface area contributed by atoms with Gasteiger partial charge in [-0.3, -0.25) is 0 Å². The van der Waals surface area contributed by atoms with Crippen LogP contribution in [0.5, 0.6) is 0 Å². The van der Waals surface area contributed by atoms with Gasteiger partial charge in [-0.05, 0) is 131 Å². The molecule has 2 aliphatic carbocycles. The third-order valence-electron chi connectivity index (χ3n) is 11.9. The molecule has 2 aliphatic rings. The van der Waals surface area contributed by atoms with Gasteiger partial charge in [0, 0.05) is 16.7 Å². The van der Waals surface area contributed by atoms with Crippen molar-refractivity contribution in [3.63, 3.8) is 0 Å². The maximum Gasteiger partial charge on any atom is 0.164 e. The standard InChI is InChI=1S/C51H44N4/c1-34-23-37-24-35(2)31-51(30-34,32-37)47-21-19-40(20-22-47)48-53-49(43-18-10-17-42(26-43)38-12-5-3-6-13-38)55-50(54-48)46-28-44(39-14-7-4-8-15-39)27-45(29-46)41-16-9-11-36(25-41)33-52/h3-22,25-29,34-35,37H,23-24,30-32H2,1-2H3/t34-,35+,37-,51?. The molecule has 0 amide bonds. The molecule has 4 atom stereocenters. The summed E-state index contributed by atoms with van der Waals surface area (Å²) in [6.45, 7) is 4.90. The van der Waals surface area contributed by atoms with Gasteiger partial charge in [0.2, 0.25) is 0 Å². The van der Waals surface area contributed by atoms with Crippen molar-refractivity contribution in [2.45, 2.75) is 51.4 Å². The van der Waals surface area contributed by atoms with Crippen LogP contribution in [0, 0.1) is 29.1 Å². The number of fused-ring (bicyclic) bond motifs is 2. The first-order valence-corrected chi connectivity index (χ1v) is 19.7. The first kappa shape index (κ1) is 34.6. The molecule has 1 heterocycles. The number of rotatable bonds is 7. The summed E-state index contributed by atoms with van der Waals surface area (Å²) in [5.74, 6) is 4.22. The molecule has 55 heavy (non-hydrogen) atoms. The average Bonchev–Trinajstić information content (AvgIpc) is 3.23. The van der Waals surface area contributed by atoms with Gasteiger partial charge in [0.05, 0.1) is 11.6 Å². The molecule has 4 heteroatoms. The van der Waals surface area contributed by atoms with Crippen LogP contribution in [0.15, 0.2) is 152 Å². The Hall–Kier alpha value is -6.18. The molecule has 1 unspecified atom stereocenters. The Balaban J connectivity index is 1.20. The van der Waals surface area contributed by atoms with Crippen LogP contribution >= 0.6 is 0 Å². The first-order chi connectivity index (χ1) is 26.9. The third kappa shape index (κ3) is 7.11. The van der Waals surface area contributed by atoms with Gasteiger partial charge in [-0.1, -0.05) is 129 Å². The van der Waals surface area contributed by atoms with E-state index in [9.17, 15) is 5.26 Å². The van der Waals surface area contributed by atoms with Gasteiger partial charge in [-0.2, -0.15) is 5.26 Å². The average molecular weight is 713 g/mol. The van der Waals surface area contributed by atoms with Crippen LogP contribution in [-0.2, 0) is 5.41 Å². The normalized spacial score (nSPS) is 20.4. The second kappa shape index (κ2) is 14.6. The Morgan fingerprint density at radius 1 is 0.455 bits per heavy atom. The van der Waals surface area contributed by atoms with Crippen LogP contribution < -0.4 is 0 Å². The van der Waals surface area contributed by atoms with Crippen molar-refractivity contribution in [3.8, 4) is 73.6 Å². The van der Waals surface area contributed by atoms with Crippen molar-refractivity contribution >= 4 is 0 Å². The number of hydrogen-bond donors (Lipinski definition) is 0. The Morgan fingerprint density at radius 2 is 0.927 bits per heavy atom. The van der Waals surface area contributed by atoms with Gasteiger partial charge in [-0.25, -0.2) is 15.0 Å². The minimum Gasteiger partial charge on any atom is -0.208 e. The van der Waals surface area contributed by atoms with E-state index in [-0.39, 0.29) is 5.41 Å². The van der Waals surface area contributed by atoms with Gasteiger partial charge in [0.25, 0.3) is 0 Å². The van der Waals surface area contributed by atoms with E-state index < -0.39 is 0 Å². The molecule has 9 rings (SSSR count). The Kier molecular flexibility index (Phi) is 9.16. The molecule has 0 saturated heterocycles. The van der Waals surface area contributed by atoms with Gasteiger partial charge in [0.15, 0.2) is 17.5 Å². The molecule has 0 aliphatic heterocycles. The zero-order valence-corrected chi connectivity index (χ0v) is 31.5. The summed E-state index contributed by atoms with van der Waals surface area (Å²) in [7, 11) is 0. The van der Waals surface area contributed by atoms with Gasteiger partial charge in [0.1, 0.15) is 0 Å². The van der Waals surface area contributed by atoms with Gasteiger partial charge in [-0.15, -0.1) is 0 Å². The summed E-state index contributed by atoms with van der Waals surface area (Å²) < 4.78 is 0. The van der Waals surface area contributed by atoms with E-state index in [1.54, 1.807) is 0 Å². The Bertz CT molecular complexity index is 2500. The van der Waals surface area contributed by atoms with Crippen LogP contribution in [0.1, 0.15) is 57.1 Å². The van der Waals surface area contributed by atoms with E-state index in [0.29, 0.717) is 23.0 Å². The van der Waals surface area contributed by atoms with Gasteiger partial charge < -0.3 is 0 Å². The SMILES string of the molecule is C[C@@H]1C[C@@H]2C[C@H](C)CC(c3ccc(-c4nc(-c5cccc(-c6ccccc6)c5)nc(-c5cc(-c6ccccc6)cc(-c6cccc(C#N)c6)c5)n4)cc3)(C1)C2. The lowest BCUT2D eigenvalue weighted by Gasteiger charge is -2.50. The molecule has 4 nitrogen and oxygen atoms in total. The van der Waals surface area contributed by atoms with E-state index >= 15 is 0 Å². The quantitative estimate of drug-likeness (QED) is 0.165. The molecule has 1 aromatic heterocycles. The fourth-order valence-electron chi connectivity index (χ4n) is 9.75. The lowest BCUT2D eigenvalue weighted by Crippen LogP contribution is -2.42. The molecular weight excluding hydrogens is 669 g/mol. The minimum absolute atomic E-state index is 0.253. The van der Waals surface area contributed by atoms with E-state index in [4.69, 9.17) is 15.0 Å². The van der Waals surface area contributed by atoms with E-state index in [1.807, 2.05) is 30.3 Å². The summed E-state index contributed by atoms with van der Waals surface area (Å²) in [6.07, 6.45) is 6.56. The number of hydrogen-bond acceptors (Lipinski definition) is 4. The van der Waals surface area contributed by atoms with Crippen molar-refractivity contribution in [1.82, 2.24) is 15.0 Å². The summed E-state index contributed by atoms with van der Waals surface area (Å²) in [5, 5.41) is 9.72. The number of aromatic nitrogens is 3. The zero-order chi connectivity index (χ0) is 37.4. The van der Waals surface area contributed by atoms with Crippen LogP contribution in [0.25, 0.3) is 67.5 Å². The van der Waals surface area contributed by atoms with Gasteiger partial charge >= 0.3 is 0 Å². The van der Waals surface area contributed by atoms with Crippen LogP contribution in [0.4, 0.5) is 0 Å². The van der Waals surface area contributed by atoms with Crippen LogP contribution in [-0.4, -0.2) is 15.0 Å². The second-order valence-corrected chi connectivity index (χ2v) is 16.1. The molecule has 2 bridgehead atoms. The topological polar surface area (TPSA) is 62.5 Å². The monoisotopic (exact) mass is 712 g/mol. The number of nitriles is 1. The predicted molar refractivity (Wildman–Crippen MR) is 224 cm³/mol. The fourth-order valence-corrected chi connectivity index (χ4v) is 9.75. The van der Waals surface area contributed by atoms with E-state index in [0.717, 1.165) is 67.8 Å². The number of nitrogens with zero attached hydrogens (tertiary/aromatic N) is 4. The highest BCUT2D eigenvalue weighted by atomic mass is 15.0. The third-order valence-corrected chi connectivity index (χ3v) is 11.9. The van der Waals surface area contributed by atoms with Crippen molar-refractivity contribution in [1.29, 1.82) is 5.26 Å². The van der Waals surface area contributed by atoms with Crippen molar-refractivity contribution in [2.75, 3.05) is 0 Å². The van der Waals surface area contributed by atoms with Crippen molar-refractivity contribution < 1.29 is 0 Å². The maximum atomic E-state index is 9.72. The van der Waals surface area contributed by atoms with E-state index in [1.165, 1.54) is 37.7 Å². The second-order valence-electron chi connectivity index (χ2n) is 16.1. The highest BCUT2D eigenvalue weighted by Gasteiger charge is 2.45. The summed E-state index contributed by atoms with van der Waals surface area (Å²) in [6, 6.07) is 55.1. The molecule has 7 aromatic rings. The first-order valence-electron chi connectivity index (χ1n) is 19.7. The van der Waals surface area contributed by atoms with Crippen LogP contribution in [0.2, 0.25) is 0 Å². The summed E-state index contributed by atoms with van der Waals surface area (Å²) in [4.78, 5) is 15.6. The minimum atomic E-state index is 0.253. The zero-order valence-electron chi connectivity index (χ0n) is 31.5. The lowest BCUT2D eigenvalue weighted by molar-refractivity contribution is 0.0780. The molecular formula is C51H44N4. The summed E-state index contributed by atoms with van der Waals surface area (Å²) >= 11 is 0. The largest absolute Gasteiger partial charge is 0.208 e. The fraction of sp³-hybridized carbons (Fsp3) is 0.216. The molecule has 2 fully saturated rings. The van der Waals surface area contributed by atoms with Crippen molar-refractivity contribution in [2.24, 2.45) is 17.8 Å². The smallest absolute Gasteiger partial charge is 0.164 e. The predicted octanol–water partition coefficient (Wildman–Crippen LogP) is 12.8.